The molecule has 0 radical (unpaired) electrons. The molecule has 0 bridgehead atoms. The Morgan fingerprint density at radius 2 is 1.95 bits per heavy atom. The minimum Gasteiger partial charge on any atom is -0.364 e. The molecule has 0 aromatic heterocycles. The number of carbonyl (C=O) groups excluding carboxylic acids is 1. The fourth-order valence-electron chi connectivity index (χ4n) is 2.45. The molecule has 1 aliphatic heterocycles. The molecule has 2 N–H and O–H groups in total. The van der Waals surface area contributed by atoms with Crippen LogP contribution in [0.2, 0.25) is 0 Å². The molecule has 1 aliphatic rings. The Hall–Kier alpha value is -1.79. The summed E-state index contributed by atoms with van der Waals surface area (Å²) in [4.78, 5) is 13.2. The van der Waals surface area contributed by atoms with Crippen LogP contribution in [-0.2, 0) is 4.79 Å². The molecule has 108 valence electrons. The van der Waals surface area contributed by atoms with Gasteiger partial charge in [0.1, 0.15) is 0 Å². The quantitative estimate of drug-likeness (QED) is 0.809. The Morgan fingerprint density at radius 1 is 1.30 bits per heavy atom. The number of carbonyl (C=O) groups is 1. The van der Waals surface area contributed by atoms with E-state index in [1.807, 2.05) is 0 Å². The smallest absolute Gasteiger partial charge is 0.227 e. The van der Waals surface area contributed by atoms with Crippen molar-refractivity contribution >= 4 is 5.91 Å². The van der Waals surface area contributed by atoms with Gasteiger partial charge in [0.05, 0.1) is 0 Å². The first-order valence-corrected chi connectivity index (χ1v) is 6.11. The molecule has 20 heavy (non-hydrogen) atoms. The minimum absolute atomic E-state index is 0.0220. The van der Waals surface area contributed by atoms with Gasteiger partial charge in [-0.1, -0.05) is 6.07 Å². The average molecular weight is 283 g/mol. The van der Waals surface area contributed by atoms with Gasteiger partial charge in [0.25, 0.3) is 0 Å². The van der Waals surface area contributed by atoms with Gasteiger partial charge in [-0.15, -0.1) is 0 Å². The van der Waals surface area contributed by atoms with E-state index in [0.29, 0.717) is 11.3 Å². The van der Waals surface area contributed by atoms with Gasteiger partial charge in [-0.3, -0.25) is 4.79 Å². The van der Waals surface area contributed by atoms with Crippen molar-refractivity contribution in [3.63, 3.8) is 0 Å². The molecule has 0 saturated carbocycles. The molecular weight excluding hydrogens is 268 g/mol. The molecule has 1 aromatic carbocycles. The molecule has 1 unspecified atom stereocenters. The largest absolute Gasteiger partial charge is 0.364 e. The predicted octanol–water partition coefficient (Wildman–Crippen LogP) is 1.50. The van der Waals surface area contributed by atoms with Gasteiger partial charge in [0.2, 0.25) is 5.91 Å². The third-order valence-electron chi connectivity index (χ3n) is 3.67. The van der Waals surface area contributed by atoms with E-state index >= 15 is 0 Å². The molecular formula is C14H15F2NO3. The number of hydrogen-bond donors (Lipinski definition) is 2. The van der Waals surface area contributed by atoms with Crippen molar-refractivity contribution in [1.82, 2.24) is 4.90 Å². The number of amides is 1. The Balaban J connectivity index is 2.53. The topological polar surface area (TPSA) is 60.8 Å². The summed E-state index contributed by atoms with van der Waals surface area (Å²) in [6.45, 7) is 1.58. The highest BCUT2D eigenvalue weighted by molar-refractivity contribution is 5.81. The molecule has 1 aromatic rings. The molecule has 0 spiro atoms. The lowest BCUT2D eigenvalue weighted by Crippen LogP contribution is -2.36. The minimum atomic E-state index is -1.76. The van der Waals surface area contributed by atoms with E-state index in [9.17, 15) is 23.8 Å². The highest BCUT2D eigenvalue weighted by atomic mass is 19.2. The molecule has 6 heteroatoms. The molecule has 1 amide bonds. The second-order valence-electron chi connectivity index (χ2n) is 4.80. The van der Waals surface area contributed by atoms with Crippen LogP contribution in [0.1, 0.15) is 24.8 Å². The Bertz CT molecular complexity index is 584. The fraction of sp³-hybridized carbons (Fsp3) is 0.357. The number of nitrogens with zero attached hydrogens (tertiary/aromatic N) is 1. The summed E-state index contributed by atoms with van der Waals surface area (Å²) in [7, 11) is 1.53. The van der Waals surface area contributed by atoms with E-state index in [1.165, 1.54) is 18.0 Å². The normalized spacial score (nSPS) is 20.1. The Morgan fingerprint density at radius 3 is 2.50 bits per heavy atom. The number of allylic oxidation sites excluding steroid dienone is 1. The highest BCUT2D eigenvalue weighted by Gasteiger charge is 2.34. The zero-order valence-corrected chi connectivity index (χ0v) is 11.1. The third-order valence-corrected chi connectivity index (χ3v) is 3.67. The van der Waals surface area contributed by atoms with Crippen molar-refractivity contribution in [2.24, 2.45) is 0 Å². The monoisotopic (exact) mass is 283 g/mol. The van der Waals surface area contributed by atoms with Gasteiger partial charge < -0.3 is 15.1 Å². The van der Waals surface area contributed by atoms with Crippen LogP contribution >= 0.6 is 0 Å². The van der Waals surface area contributed by atoms with Crippen LogP contribution in [0, 0.1) is 11.6 Å². The van der Waals surface area contributed by atoms with Crippen LogP contribution in [0.5, 0.6) is 0 Å². The highest BCUT2D eigenvalue weighted by Crippen LogP contribution is 2.37. The Labute approximate surface area is 114 Å². The number of aliphatic hydroxyl groups is 2. The number of aliphatic hydroxyl groups excluding tert-OH is 1. The van der Waals surface area contributed by atoms with Gasteiger partial charge in [0.15, 0.2) is 17.9 Å². The van der Waals surface area contributed by atoms with E-state index in [0.717, 1.165) is 12.1 Å². The molecule has 0 aliphatic carbocycles. The first-order chi connectivity index (χ1) is 9.32. The van der Waals surface area contributed by atoms with Gasteiger partial charge in [0, 0.05) is 30.7 Å². The standard InChI is InChI=1S/C14H15F2NO3/c1-7-13(14(19)20)9(6-12(18)17(7)2)8-3-4-10(15)11(16)5-8/h3-5,9,14,19-20H,6H2,1-2H3. The summed E-state index contributed by atoms with van der Waals surface area (Å²) in [6, 6.07) is 3.29. The SMILES string of the molecule is CC1=C(C(O)O)C(c2ccc(F)c(F)c2)CC(=O)N1C. The van der Waals surface area contributed by atoms with Gasteiger partial charge in [-0.25, -0.2) is 8.78 Å². The Kier molecular flexibility index (Phi) is 3.87. The summed E-state index contributed by atoms with van der Waals surface area (Å²) in [5.74, 6) is -2.91. The molecule has 2 rings (SSSR count). The molecule has 4 nitrogen and oxygen atoms in total. The lowest BCUT2D eigenvalue weighted by Gasteiger charge is -2.34. The van der Waals surface area contributed by atoms with E-state index in [4.69, 9.17) is 0 Å². The summed E-state index contributed by atoms with van der Waals surface area (Å²) in [5.41, 5.74) is 0.969. The maximum atomic E-state index is 13.3. The van der Waals surface area contributed by atoms with Crippen molar-refractivity contribution < 1.29 is 23.8 Å². The van der Waals surface area contributed by atoms with Crippen LogP contribution in [0.25, 0.3) is 0 Å². The van der Waals surface area contributed by atoms with Crippen molar-refractivity contribution in [3.8, 4) is 0 Å². The zero-order chi connectivity index (χ0) is 15.0. The zero-order valence-electron chi connectivity index (χ0n) is 11.1. The van der Waals surface area contributed by atoms with E-state index in [-0.39, 0.29) is 17.9 Å². The number of halogens is 2. The van der Waals surface area contributed by atoms with E-state index < -0.39 is 23.8 Å². The average Bonchev–Trinajstić information content (AvgIpc) is 2.38. The maximum absolute atomic E-state index is 13.3. The fourth-order valence-corrected chi connectivity index (χ4v) is 2.45. The molecule has 1 atom stereocenters. The maximum Gasteiger partial charge on any atom is 0.227 e. The first-order valence-electron chi connectivity index (χ1n) is 6.11. The van der Waals surface area contributed by atoms with Crippen molar-refractivity contribution in [2.75, 3.05) is 7.05 Å². The second kappa shape index (κ2) is 5.30. The van der Waals surface area contributed by atoms with E-state index in [1.54, 1.807) is 6.92 Å². The molecule has 0 fully saturated rings. The lowest BCUT2D eigenvalue weighted by atomic mass is 9.83. The van der Waals surface area contributed by atoms with Crippen molar-refractivity contribution in [2.45, 2.75) is 25.6 Å². The summed E-state index contributed by atoms with van der Waals surface area (Å²) in [6.07, 6.45) is -1.78. The number of benzene rings is 1. The number of hydrogen-bond acceptors (Lipinski definition) is 3. The van der Waals surface area contributed by atoms with Crippen molar-refractivity contribution in [3.05, 3.63) is 46.7 Å². The second-order valence-corrected chi connectivity index (χ2v) is 4.80. The lowest BCUT2D eigenvalue weighted by molar-refractivity contribution is -0.129. The first kappa shape index (κ1) is 14.6. The van der Waals surface area contributed by atoms with Gasteiger partial charge in [-0.2, -0.15) is 0 Å². The molecule has 1 heterocycles. The van der Waals surface area contributed by atoms with Crippen LogP contribution in [0.4, 0.5) is 8.78 Å². The predicted molar refractivity (Wildman–Crippen MR) is 67.4 cm³/mol. The van der Waals surface area contributed by atoms with Crippen LogP contribution in [0.3, 0.4) is 0 Å². The van der Waals surface area contributed by atoms with E-state index in [2.05, 4.69) is 0 Å². The van der Waals surface area contributed by atoms with Crippen LogP contribution in [0.15, 0.2) is 29.5 Å². The number of rotatable bonds is 2. The summed E-state index contributed by atoms with van der Waals surface area (Å²) >= 11 is 0. The van der Waals surface area contributed by atoms with Crippen LogP contribution < -0.4 is 0 Å². The summed E-state index contributed by atoms with van der Waals surface area (Å²) in [5, 5.41) is 19.0. The van der Waals surface area contributed by atoms with Crippen molar-refractivity contribution in [1.29, 1.82) is 0 Å². The summed E-state index contributed by atoms with van der Waals surface area (Å²) < 4.78 is 26.3. The van der Waals surface area contributed by atoms with Crippen LogP contribution in [-0.4, -0.2) is 34.4 Å². The third kappa shape index (κ3) is 2.44. The van der Waals surface area contributed by atoms with Gasteiger partial charge in [-0.05, 0) is 24.6 Å². The van der Waals surface area contributed by atoms with Gasteiger partial charge >= 0.3 is 0 Å². The molecule has 0 saturated heterocycles.